The Kier molecular flexibility index (Phi) is 8.39. The fraction of sp³-hybridized carbons (Fsp3) is 0.200. The highest BCUT2D eigenvalue weighted by Crippen LogP contribution is 2.26. The fourth-order valence-corrected chi connectivity index (χ4v) is 4.40. The number of hydrogen-bond donors (Lipinski definition) is 3. The van der Waals surface area contributed by atoms with E-state index in [0.29, 0.717) is 23.5 Å². The van der Waals surface area contributed by atoms with Gasteiger partial charge in [0.05, 0.1) is 23.8 Å². The molecule has 1 atom stereocenters. The molecule has 0 aliphatic rings. The molecule has 34 heavy (non-hydrogen) atoms. The molecule has 8 nitrogen and oxygen atoms in total. The van der Waals surface area contributed by atoms with Crippen LogP contribution in [0.1, 0.15) is 36.1 Å². The lowest BCUT2D eigenvalue weighted by Gasteiger charge is -2.18. The number of amides is 1. The Balaban J connectivity index is 1.72. The van der Waals surface area contributed by atoms with Crippen LogP contribution in [0.2, 0.25) is 0 Å². The van der Waals surface area contributed by atoms with Crippen LogP contribution in [0.3, 0.4) is 0 Å². The van der Waals surface area contributed by atoms with E-state index in [1.807, 2.05) is 13.0 Å². The third-order valence-corrected chi connectivity index (χ3v) is 6.39. The van der Waals surface area contributed by atoms with E-state index in [9.17, 15) is 18.3 Å². The van der Waals surface area contributed by atoms with E-state index >= 15 is 0 Å². The minimum atomic E-state index is -3.85. The summed E-state index contributed by atoms with van der Waals surface area (Å²) in [5.41, 5.74) is 4.63. The van der Waals surface area contributed by atoms with E-state index in [2.05, 4.69) is 15.2 Å². The van der Waals surface area contributed by atoms with Gasteiger partial charge in [-0.1, -0.05) is 48.0 Å². The third-order valence-electron chi connectivity index (χ3n) is 4.91. The molecule has 1 amide bonds. The number of phenolic OH excluding ortho intramolecular Hbond substituents is 1. The molecule has 0 fully saturated rings. The summed E-state index contributed by atoms with van der Waals surface area (Å²) in [4.78, 5) is 12.7. The molecular formula is C25H27N3O5S. The highest BCUT2D eigenvalue weighted by Gasteiger charge is 2.23. The van der Waals surface area contributed by atoms with Crippen molar-refractivity contribution in [2.45, 2.75) is 31.2 Å². The summed E-state index contributed by atoms with van der Waals surface area (Å²) in [6.45, 7) is 4.07. The number of carbonyl (C=O) groups excluding carboxylic acids is 1. The first kappa shape index (κ1) is 24.9. The SMILES string of the molecule is CCOc1cc(/C=N\NC(=O)C[C@H](NS(=O)(=O)c2ccc(C)cc2)c2ccccc2)ccc1O. The molecule has 0 saturated carbocycles. The van der Waals surface area contributed by atoms with Crippen molar-refractivity contribution in [2.75, 3.05) is 6.61 Å². The van der Waals surface area contributed by atoms with Crippen molar-refractivity contribution < 1.29 is 23.1 Å². The molecule has 0 radical (unpaired) electrons. The van der Waals surface area contributed by atoms with Crippen molar-refractivity contribution in [2.24, 2.45) is 5.10 Å². The van der Waals surface area contributed by atoms with E-state index in [-0.39, 0.29) is 17.1 Å². The molecule has 0 spiro atoms. The minimum Gasteiger partial charge on any atom is -0.504 e. The van der Waals surface area contributed by atoms with Gasteiger partial charge in [0.15, 0.2) is 11.5 Å². The summed E-state index contributed by atoms with van der Waals surface area (Å²) in [6, 6.07) is 19.3. The molecule has 3 aromatic rings. The number of hydrogen-bond acceptors (Lipinski definition) is 6. The zero-order chi connectivity index (χ0) is 24.6. The van der Waals surface area contributed by atoms with Gasteiger partial charge in [-0.05, 0) is 55.3 Å². The van der Waals surface area contributed by atoms with Gasteiger partial charge in [-0.25, -0.2) is 18.6 Å². The maximum atomic E-state index is 12.9. The molecule has 9 heteroatoms. The van der Waals surface area contributed by atoms with Gasteiger partial charge in [0.25, 0.3) is 0 Å². The van der Waals surface area contributed by atoms with Crippen LogP contribution in [-0.4, -0.2) is 32.3 Å². The standard InChI is InChI=1S/C25H27N3O5S/c1-3-33-24-15-19(11-14-23(24)29)17-26-27-25(30)16-22(20-7-5-4-6-8-20)28-34(31,32)21-12-9-18(2)10-13-21/h4-15,17,22,28-29H,3,16H2,1-2H3,(H,27,30)/b26-17-/t22-/m0/s1. The zero-order valence-electron chi connectivity index (χ0n) is 18.9. The molecule has 178 valence electrons. The number of sulfonamides is 1. The number of carbonyl (C=O) groups is 1. The summed E-state index contributed by atoms with van der Waals surface area (Å²) in [7, 11) is -3.85. The fourth-order valence-electron chi connectivity index (χ4n) is 3.18. The van der Waals surface area contributed by atoms with Crippen LogP contribution < -0.4 is 14.9 Å². The summed E-state index contributed by atoms with van der Waals surface area (Å²) in [5, 5.41) is 13.7. The molecule has 3 rings (SSSR count). The molecule has 0 unspecified atom stereocenters. The predicted octanol–water partition coefficient (Wildman–Crippen LogP) is 3.66. The van der Waals surface area contributed by atoms with Crippen LogP contribution in [0.5, 0.6) is 11.5 Å². The van der Waals surface area contributed by atoms with E-state index in [1.165, 1.54) is 24.4 Å². The van der Waals surface area contributed by atoms with Gasteiger partial charge in [-0.15, -0.1) is 0 Å². The monoisotopic (exact) mass is 481 g/mol. The molecule has 0 heterocycles. The third kappa shape index (κ3) is 6.90. The highest BCUT2D eigenvalue weighted by atomic mass is 32.2. The van der Waals surface area contributed by atoms with Gasteiger partial charge in [0.2, 0.25) is 15.9 Å². The number of nitrogens with zero attached hydrogens (tertiary/aromatic N) is 1. The Bertz CT molecular complexity index is 1240. The number of aromatic hydroxyl groups is 1. The molecule has 0 saturated heterocycles. The lowest BCUT2D eigenvalue weighted by atomic mass is 10.0. The number of hydrazone groups is 1. The van der Waals surface area contributed by atoms with Gasteiger partial charge in [0, 0.05) is 6.42 Å². The van der Waals surface area contributed by atoms with E-state index < -0.39 is 22.0 Å². The van der Waals surface area contributed by atoms with Crippen LogP contribution in [0.25, 0.3) is 0 Å². The number of nitrogens with one attached hydrogen (secondary N) is 2. The molecule has 3 N–H and O–H groups in total. The van der Waals surface area contributed by atoms with Gasteiger partial charge >= 0.3 is 0 Å². The predicted molar refractivity (Wildman–Crippen MR) is 130 cm³/mol. The van der Waals surface area contributed by atoms with Gasteiger partial charge in [-0.2, -0.15) is 5.10 Å². The summed E-state index contributed by atoms with van der Waals surface area (Å²) >= 11 is 0. The van der Waals surface area contributed by atoms with Gasteiger partial charge < -0.3 is 9.84 Å². The summed E-state index contributed by atoms with van der Waals surface area (Å²) in [6.07, 6.45) is 1.25. The number of benzene rings is 3. The van der Waals surface area contributed by atoms with E-state index in [0.717, 1.165) is 5.56 Å². The summed E-state index contributed by atoms with van der Waals surface area (Å²) < 4.78 is 33.8. The number of phenols is 1. The Labute approximate surface area is 199 Å². The second-order valence-corrected chi connectivity index (χ2v) is 9.27. The molecule has 3 aromatic carbocycles. The second kappa shape index (κ2) is 11.4. The smallest absolute Gasteiger partial charge is 0.242 e. The first-order valence-electron chi connectivity index (χ1n) is 10.7. The highest BCUT2D eigenvalue weighted by molar-refractivity contribution is 7.89. The summed E-state index contributed by atoms with van der Waals surface area (Å²) in [5.74, 6) is -0.150. The molecule has 0 bridgehead atoms. The quantitative estimate of drug-likeness (QED) is 0.302. The second-order valence-electron chi connectivity index (χ2n) is 7.56. The zero-order valence-corrected chi connectivity index (χ0v) is 19.7. The average Bonchev–Trinajstić information content (AvgIpc) is 2.81. The van der Waals surface area contributed by atoms with Crippen LogP contribution >= 0.6 is 0 Å². The number of aryl methyl sites for hydroxylation is 1. The molecule has 0 aliphatic carbocycles. The molecule has 0 aromatic heterocycles. The van der Waals surface area contributed by atoms with Crippen LogP contribution in [0, 0.1) is 6.92 Å². The number of ether oxygens (including phenoxy) is 1. The van der Waals surface area contributed by atoms with E-state index in [4.69, 9.17) is 4.74 Å². The van der Waals surface area contributed by atoms with Gasteiger partial charge in [0.1, 0.15) is 0 Å². The van der Waals surface area contributed by atoms with Crippen molar-refractivity contribution in [3.8, 4) is 11.5 Å². The maximum absolute atomic E-state index is 12.9. The van der Waals surface area contributed by atoms with Crippen molar-refractivity contribution in [3.63, 3.8) is 0 Å². The lowest BCUT2D eigenvalue weighted by molar-refractivity contribution is -0.121. The normalized spacial score (nSPS) is 12.4. The topological polar surface area (TPSA) is 117 Å². The van der Waals surface area contributed by atoms with Gasteiger partial charge in [-0.3, -0.25) is 4.79 Å². The Morgan fingerprint density at radius 2 is 1.79 bits per heavy atom. The Morgan fingerprint density at radius 3 is 2.47 bits per heavy atom. The average molecular weight is 482 g/mol. The Morgan fingerprint density at radius 1 is 1.09 bits per heavy atom. The van der Waals surface area contributed by atoms with Crippen LogP contribution in [0.4, 0.5) is 0 Å². The number of rotatable bonds is 10. The first-order valence-corrected chi connectivity index (χ1v) is 12.2. The van der Waals surface area contributed by atoms with Crippen molar-refractivity contribution in [3.05, 3.63) is 89.5 Å². The van der Waals surface area contributed by atoms with E-state index in [1.54, 1.807) is 55.5 Å². The van der Waals surface area contributed by atoms with Crippen LogP contribution in [0.15, 0.2) is 82.8 Å². The lowest BCUT2D eigenvalue weighted by Crippen LogP contribution is -2.32. The van der Waals surface area contributed by atoms with Crippen LogP contribution in [-0.2, 0) is 14.8 Å². The maximum Gasteiger partial charge on any atom is 0.242 e. The van der Waals surface area contributed by atoms with Crippen molar-refractivity contribution in [1.82, 2.24) is 10.1 Å². The minimum absolute atomic E-state index is 0.00889. The Hall–Kier alpha value is -3.69. The molecule has 0 aliphatic heterocycles. The van der Waals surface area contributed by atoms with Crippen molar-refractivity contribution in [1.29, 1.82) is 0 Å². The van der Waals surface area contributed by atoms with Crippen molar-refractivity contribution >= 4 is 22.1 Å². The molecular weight excluding hydrogens is 454 g/mol. The first-order chi connectivity index (χ1) is 16.3. The largest absolute Gasteiger partial charge is 0.504 e.